The molecule has 2 unspecified atom stereocenters. The van der Waals surface area contributed by atoms with Gasteiger partial charge in [0.25, 0.3) is 0 Å². The number of carbonyl (C=O) groups is 2. The number of hydrogen-bond donors (Lipinski definition) is 2. The van der Waals surface area contributed by atoms with Crippen LogP contribution in [0.3, 0.4) is 0 Å². The van der Waals surface area contributed by atoms with Crippen LogP contribution in [0.25, 0.3) is 0 Å². The SMILES string of the molecule is Cc1ccc2c(c1)N(CC(N)=O)C(=O)C(N)CC2c1ccccc1. The fraction of sp³-hybridized carbons (Fsp3) is 0.263. The lowest BCUT2D eigenvalue weighted by Crippen LogP contribution is -2.46. The minimum absolute atomic E-state index is 0.00127. The molecule has 5 heteroatoms. The minimum atomic E-state index is -0.678. The molecule has 1 aliphatic rings. The summed E-state index contributed by atoms with van der Waals surface area (Å²) in [6, 6.07) is 15.3. The maximum absolute atomic E-state index is 12.7. The predicted octanol–water partition coefficient (Wildman–Crippen LogP) is 1.68. The minimum Gasteiger partial charge on any atom is -0.368 e. The van der Waals surface area contributed by atoms with E-state index < -0.39 is 11.9 Å². The van der Waals surface area contributed by atoms with Gasteiger partial charge in [-0.3, -0.25) is 9.59 Å². The maximum Gasteiger partial charge on any atom is 0.244 e. The van der Waals surface area contributed by atoms with E-state index in [2.05, 4.69) is 0 Å². The van der Waals surface area contributed by atoms with Gasteiger partial charge in [0.05, 0.1) is 6.04 Å². The largest absolute Gasteiger partial charge is 0.368 e. The highest BCUT2D eigenvalue weighted by atomic mass is 16.2. The van der Waals surface area contributed by atoms with Crippen molar-refractivity contribution < 1.29 is 9.59 Å². The first-order chi connectivity index (χ1) is 11.5. The third kappa shape index (κ3) is 3.03. The van der Waals surface area contributed by atoms with E-state index in [0.717, 1.165) is 22.4 Å². The van der Waals surface area contributed by atoms with Crippen molar-refractivity contribution in [1.29, 1.82) is 0 Å². The standard InChI is InChI=1S/C19H21N3O2/c1-12-7-8-14-15(13-5-3-2-4-6-13)10-16(20)19(24)22(11-18(21)23)17(14)9-12/h2-9,15-16H,10-11,20H2,1H3,(H2,21,23). The topological polar surface area (TPSA) is 89.4 Å². The lowest BCUT2D eigenvalue weighted by atomic mass is 9.86. The molecule has 0 fully saturated rings. The molecule has 2 aromatic rings. The summed E-state index contributed by atoms with van der Waals surface area (Å²) >= 11 is 0. The van der Waals surface area contributed by atoms with Gasteiger partial charge in [-0.2, -0.15) is 0 Å². The van der Waals surface area contributed by atoms with E-state index >= 15 is 0 Å². The van der Waals surface area contributed by atoms with Gasteiger partial charge in [0.1, 0.15) is 6.54 Å². The van der Waals surface area contributed by atoms with E-state index in [1.165, 1.54) is 4.90 Å². The molecule has 1 heterocycles. The lowest BCUT2D eigenvalue weighted by Gasteiger charge is -2.24. The zero-order valence-electron chi connectivity index (χ0n) is 13.6. The smallest absolute Gasteiger partial charge is 0.244 e. The molecule has 0 spiro atoms. The summed E-state index contributed by atoms with van der Waals surface area (Å²) in [7, 11) is 0. The highest BCUT2D eigenvalue weighted by Gasteiger charge is 2.34. The summed E-state index contributed by atoms with van der Waals surface area (Å²) in [5, 5.41) is 0. The Kier molecular flexibility index (Phi) is 4.36. The number of rotatable bonds is 3. The van der Waals surface area contributed by atoms with Gasteiger partial charge in [0.15, 0.2) is 0 Å². The molecule has 1 aliphatic heterocycles. The first-order valence-electron chi connectivity index (χ1n) is 7.98. The number of primary amides is 1. The van der Waals surface area contributed by atoms with Crippen molar-refractivity contribution in [2.24, 2.45) is 11.5 Å². The van der Waals surface area contributed by atoms with E-state index in [1.54, 1.807) is 0 Å². The quantitative estimate of drug-likeness (QED) is 0.900. The van der Waals surface area contributed by atoms with E-state index in [0.29, 0.717) is 6.42 Å². The molecule has 2 amide bonds. The molecule has 0 saturated carbocycles. The van der Waals surface area contributed by atoms with E-state index in [9.17, 15) is 9.59 Å². The molecule has 2 atom stereocenters. The van der Waals surface area contributed by atoms with Gasteiger partial charge in [-0.25, -0.2) is 0 Å². The van der Waals surface area contributed by atoms with Gasteiger partial charge in [-0.05, 0) is 36.1 Å². The molecule has 4 N–H and O–H groups in total. The van der Waals surface area contributed by atoms with Crippen molar-refractivity contribution in [3.63, 3.8) is 0 Å². The number of fused-ring (bicyclic) bond motifs is 1. The molecule has 2 aromatic carbocycles. The maximum atomic E-state index is 12.7. The van der Waals surface area contributed by atoms with Crippen molar-refractivity contribution in [3.05, 3.63) is 65.2 Å². The summed E-state index contributed by atoms with van der Waals surface area (Å²) in [5.41, 5.74) is 15.3. The second-order valence-corrected chi connectivity index (χ2v) is 6.26. The van der Waals surface area contributed by atoms with Gasteiger partial charge >= 0.3 is 0 Å². The van der Waals surface area contributed by atoms with Gasteiger partial charge in [0.2, 0.25) is 11.8 Å². The Morgan fingerprint density at radius 3 is 2.58 bits per heavy atom. The molecule has 0 radical (unpaired) electrons. The van der Waals surface area contributed by atoms with Crippen LogP contribution in [-0.2, 0) is 9.59 Å². The highest BCUT2D eigenvalue weighted by Crippen LogP contribution is 2.39. The van der Waals surface area contributed by atoms with Gasteiger partial charge < -0.3 is 16.4 Å². The van der Waals surface area contributed by atoms with Crippen LogP contribution < -0.4 is 16.4 Å². The Morgan fingerprint density at radius 2 is 1.92 bits per heavy atom. The Labute approximate surface area is 141 Å². The average molecular weight is 323 g/mol. The van der Waals surface area contributed by atoms with E-state index in [1.807, 2.05) is 55.5 Å². The molecule has 0 aromatic heterocycles. The number of hydrogen-bond acceptors (Lipinski definition) is 3. The molecule has 0 bridgehead atoms. The van der Waals surface area contributed by atoms with Crippen LogP contribution in [0.1, 0.15) is 29.0 Å². The summed E-state index contributed by atoms with van der Waals surface area (Å²) in [4.78, 5) is 25.6. The number of anilines is 1. The number of benzene rings is 2. The second-order valence-electron chi connectivity index (χ2n) is 6.26. The van der Waals surface area contributed by atoms with Crippen LogP contribution in [0.15, 0.2) is 48.5 Å². The van der Waals surface area contributed by atoms with Crippen molar-refractivity contribution in [2.75, 3.05) is 11.4 Å². The molecule has 0 saturated heterocycles. The van der Waals surface area contributed by atoms with E-state index in [4.69, 9.17) is 11.5 Å². The monoisotopic (exact) mass is 323 g/mol. The molecule has 0 aliphatic carbocycles. The molecular formula is C19H21N3O2. The Bertz CT molecular complexity index is 773. The number of amides is 2. The summed E-state index contributed by atoms with van der Waals surface area (Å²) in [6.45, 7) is 1.79. The summed E-state index contributed by atoms with van der Waals surface area (Å²) < 4.78 is 0. The Hall–Kier alpha value is -2.66. The number of carbonyl (C=O) groups excluding carboxylic acids is 2. The van der Waals surface area contributed by atoms with E-state index in [-0.39, 0.29) is 18.4 Å². The van der Waals surface area contributed by atoms with Gasteiger partial charge in [-0.15, -0.1) is 0 Å². The van der Waals surface area contributed by atoms with Gasteiger partial charge in [-0.1, -0.05) is 42.5 Å². The first kappa shape index (κ1) is 16.2. The summed E-state index contributed by atoms with van der Waals surface area (Å²) in [6.07, 6.45) is 0.494. The third-order valence-corrected chi connectivity index (χ3v) is 4.44. The van der Waals surface area contributed by atoms with Gasteiger partial charge in [0, 0.05) is 11.6 Å². The van der Waals surface area contributed by atoms with Crippen LogP contribution in [0.5, 0.6) is 0 Å². The second kappa shape index (κ2) is 6.45. The third-order valence-electron chi connectivity index (χ3n) is 4.44. The molecule has 124 valence electrons. The lowest BCUT2D eigenvalue weighted by molar-refractivity contribution is -0.123. The number of aryl methyl sites for hydroxylation is 1. The molecular weight excluding hydrogens is 302 g/mol. The average Bonchev–Trinajstić information content (AvgIpc) is 2.66. The summed E-state index contributed by atoms with van der Waals surface area (Å²) in [5.74, 6) is -0.820. The van der Waals surface area contributed by atoms with Crippen LogP contribution in [0, 0.1) is 6.92 Å². The first-order valence-corrected chi connectivity index (χ1v) is 7.98. The Morgan fingerprint density at radius 1 is 1.21 bits per heavy atom. The molecule has 24 heavy (non-hydrogen) atoms. The number of nitrogens with two attached hydrogens (primary N) is 2. The normalized spacial score (nSPS) is 20.4. The zero-order valence-corrected chi connectivity index (χ0v) is 13.6. The van der Waals surface area contributed by atoms with Crippen molar-refractivity contribution in [2.45, 2.75) is 25.3 Å². The fourth-order valence-electron chi connectivity index (χ4n) is 3.30. The number of nitrogens with zero attached hydrogens (tertiary/aromatic N) is 1. The van der Waals surface area contributed by atoms with Crippen molar-refractivity contribution in [1.82, 2.24) is 0 Å². The van der Waals surface area contributed by atoms with Crippen LogP contribution in [0.2, 0.25) is 0 Å². The van der Waals surface area contributed by atoms with Crippen molar-refractivity contribution >= 4 is 17.5 Å². The predicted molar refractivity (Wildman–Crippen MR) is 93.6 cm³/mol. The van der Waals surface area contributed by atoms with Crippen molar-refractivity contribution in [3.8, 4) is 0 Å². The zero-order chi connectivity index (χ0) is 17.3. The molecule has 5 nitrogen and oxygen atoms in total. The highest BCUT2D eigenvalue weighted by molar-refractivity contribution is 6.02. The van der Waals surface area contributed by atoms with Crippen LogP contribution in [0.4, 0.5) is 5.69 Å². The fourth-order valence-corrected chi connectivity index (χ4v) is 3.30. The molecule has 3 rings (SSSR count). The van der Waals surface area contributed by atoms with Crippen LogP contribution >= 0.6 is 0 Å². The van der Waals surface area contributed by atoms with Crippen LogP contribution in [-0.4, -0.2) is 24.4 Å². The Balaban J connectivity index is 2.17.